The van der Waals surface area contributed by atoms with Crippen LogP contribution in [0.2, 0.25) is 0 Å². The molecule has 2 aliphatic carbocycles. The number of rotatable bonds is 2. The van der Waals surface area contributed by atoms with Crippen molar-refractivity contribution in [1.82, 2.24) is 0 Å². The summed E-state index contributed by atoms with van der Waals surface area (Å²) in [4.78, 5) is 2.26. The summed E-state index contributed by atoms with van der Waals surface area (Å²) in [6.07, 6.45) is 19.7. The van der Waals surface area contributed by atoms with Crippen LogP contribution >= 0.6 is 23.5 Å². The molecule has 0 amide bonds. The zero-order valence-electron chi connectivity index (χ0n) is 12.6. The molecule has 2 nitrogen and oxygen atoms in total. The van der Waals surface area contributed by atoms with Gasteiger partial charge in [-0.25, -0.2) is 8.42 Å². The van der Waals surface area contributed by atoms with Gasteiger partial charge in [-0.05, 0) is 49.0 Å². The van der Waals surface area contributed by atoms with Gasteiger partial charge in [0.2, 0.25) is 0 Å². The number of fused-ring (bicyclic) bond motifs is 2. The van der Waals surface area contributed by atoms with Crippen LogP contribution < -0.4 is 0 Å². The van der Waals surface area contributed by atoms with Crippen LogP contribution in [0.4, 0.5) is 0 Å². The van der Waals surface area contributed by atoms with Gasteiger partial charge in [0.1, 0.15) is 9.16 Å². The van der Waals surface area contributed by atoms with E-state index in [9.17, 15) is 8.42 Å². The van der Waals surface area contributed by atoms with Gasteiger partial charge in [0.05, 0.1) is 0 Å². The third kappa shape index (κ3) is 2.94. The Hall–Kier alpha value is -0.910. The number of hydrogen-bond donors (Lipinski definition) is 0. The number of sulfone groups is 1. The van der Waals surface area contributed by atoms with Crippen LogP contribution in [0, 0.1) is 0 Å². The molecule has 2 atom stereocenters. The van der Waals surface area contributed by atoms with Crippen molar-refractivity contribution in [2.24, 2.45) is 0 Å². The van der Waals surface area contributed by atoms with E-state index in [1.165, 1.54) is 34.7 Å². The monoisotopic (exact) mass is 362 g/mol. The maximum Gasteiger partial charge on any atom is 0.175 e. The van der Waals surface area contributed by atoms with Crippen LogP contribution in [-0.4, -0.2) is 17.6 Å². The van der Waals surface area contributed by atoms with E-state index in [-0.39, 0.29) is 9.16 Å². The fraction of sp³-hybridized carbons (Fsp3) is 0.333. The third-order valence-electron chi connectivity index (χ3n) is 4.44. The average molecular weight is 363 g/mol. The standard InChI is InChI=1S/C18H18O2S3/c19-23(20,17-11-9-13-5-1-3-7-15(13)21-17)18-12-10-14-6-2-4-8-16(14)22-18/h1-4,7-10,17-18H,5-6,11-12H2. The molecule has 0 bridgehead atoms. The minimum Gasteiger partial charge on any atom is -0.226 e. The van der Waals surface area contributed by atoms with Gasteiger partial charge in [-0.1, -0.05) is 36.5 Å². The molecule has 0 fully saturated rings. The maximum absolute atomic E-state index is 13.1. The van der Waals surface area contributed by atoms with Crippen molar-refractivity contribution in [2.75, 3.05) is 0 Å². The van der Waals surface area contributed by atoms with Crippen LogP contribution in [0.15, 0.2) is 69.6 Å². The predicted octanol–water partition coefficient (Wildman–Crippen LogP) is 4.87. The fourth-order valence-corrected chi connectivity index (χ4v) is 8.82. The molecule has 0 aromatic heterocycles. The molecule has 4 rings (SSSR count). The topological polar surface area (TPSA) is 34.1 Å². The molecule has 0 N–H and O–H groups in total. The molecule has 4 aliphatic rings. The van der Waals surface area contributed by atoms with Gasteiger partial charge in [-0.15, -0.1) is 23.5 Å². The second-order valence-electron chi connectivity index (χ2n) is 5.94. The average Bonchev–Trinajstić information content (AvgIpc) is 2.61. The van der Waals surface area contributed by atoms with Crippen molar-refractivity contribution in [3.05, 3.63) is 69.6 Å². The lowest BCUT2D eigenvalue weighted by molar-refractivity contribution is 0.589. The fourth-order valence-electron chi connectivity index (χ4n) is 3.14. The minimum absolute atomic E-state index is 0.351. The zero-order valence-corrected chi connectivity index (χ0v) is 15.1. The molecular weight excluding hydrogens is 344 g/mol. The van der Waals surface area contributed by atoms with Gasteiger partial charge in [0.15, 0.2) is 9.84 Å². The molecule has 0 aromatic rings. The molecule has 2 unspecified atom stereocenters. The summed E-state index contributed by atoms with van der Waals surface area (Å²) >= 11 is 3.06. The number of thioether (sulfide) groups is 2. The normalized spacial score (nSPS) is 29.7. The minimum atomic E-state index is -3.18. The molecule has 0 saturated heterocycles. The van der Waals surface area contributed by atoms with Crippen molar-refractivity contribution in [3.8, 4) is 0 Å². The van der Waals surface area contributed by atoms with Gasteiger partial charge in [-0.2, -0.15) is 0 Å². The molecule has 2 heterocycles. The summed E-state index contributed by atoms with van der Waals surface area (Å²) in [5, 5.41) is 0. The molecule has 5 heteroatoms. The van der Waals surface area contributed by atoms with Gasteiger partial charge >= 0.3 is 0 Å². The first kappa shape index (κ1) is 15.6. The Balaban J connectivity index is 1.57. The van der Waals surface area contributed by atoms with Gasteiger partial charge in [-0.3, -0.25) is 0 Å². The molecule has 0 aromatic carbocycles. The first-order valence-corrected chi connectivity index (χ1v) is 11.2. The smallest absolute Gasteiger partial charge is 0.175 e. The first-order chi connectivity index (χ1) is 11.1. The van der Waals surface area contributed by atoms with Gasteiger partial charge in [0.25, 0.3) is 0 Å². The zero-order chi connectivity index (χ0) is 15.9. The second kappa shape index (κ2) is 6.19. The maximum atomic E-state index is 13.1. The molecule has 0 radical (unpaired) electrons. The van der Waals surface area contributed by atoms with Crippen LogP contribution in [0.1, 0.15) is 25.7 Å². The van der Waals surface area contributed by atoms with E-state index < -0.39 is 9.84 Å². The summed E-state index contributed by atoms with van der Waals surface area (Å²) in [7, 11) is -3.18. The SMILES string of the molecule is O=S(=O)(C1CC=C2CC=CC=C2S1)C1CC=C2CC=CC=C2S1. The van der Waals surface area contributed by atoms with E-state index in [0.29, 0.717) is 12.8 Å². The lowest BCUT2D eigenvalue weighted by atomic mass is 10.1. The van der Waals surface area contributed by atoms with Crippen LogP contribution in [0.3, 0.4) is 0 Å². The lowest BCUT2D eigenvalue weighted by Gasteiger charge is -2.30. The van der Waals surface area contributed by atoms with E-state index in [1.54, 1.807) is 0 Å². The Kier molecular flexibility index (Phi) is 4.20. The van der Waals surface area contributed by atoms with E-state index in [1.807, 2.05) is 24.3 Å². The molecule has 0 saturated carbocycles. The van der Waals surface area contributed by atoms with Crippen molar-refractivity contribution >= 4 is 33.4 Å². The van der Waals surface area contributed by atoms with Crippen molar-refractivity contribution in [2.45, 2.75) is 34.8 Å². The van der Waals surface area contributed by atoms with E-state index in [0.717, 1.165) is 22.7 Å². The Labute approximate surface area is 146 Å². The van der Waals surface area contributed by atoms with E-state index in [2.05, 4.69) is 24.3 Å². The molecule has 0 spiro atoms. The molecule has 2 aliphatic heterocycles. The Morgan fingerprint density at radius 3 is 1.78 bits per heavy atom. The van der Waals surface area contributed by atoms with Crippen molar-refractivity contribution in [3.63, 3.8) is 0 Å². The summed E-state index contributed by atoms with van der Waals surface area (Å²) in [6.45, 7) is 0. The summed E-state index contributed by atoms with van der Waals surface area (Å²) in [5.74, 6) is 0. The van der Waals surface area contributed by atoms with Gasteiger partial charge in [0, 0.05) is 9.81 Å². The van der Waals surface area contributed by atoms with Crippen LogP contribution in [0.5, 0.6) is 0 Å². The van der Waals surface area contributed by atoms with Crippen LogP contribution in [-0.2, 0) is 9.84 Å². The number of hydrogen-bond acceptors (Lipinski definition) is 4. The van der Waals surface area contributed by atoms with Crippen LogP contribution in [0.25, 0.3) is 0 Å². The highest BCUT2D eigenvalue weighted by molar-refractivity contribution is 8.22. The Bertz CT molecular complexity index is 745. The summed E-state index contributed by atoms with van der Waals surface area (Å²) < 4.78 is 25.5. The highest BCUT2D eigenvalue weighted by atomic mass is 32.3. The molecule has 23 heavy (non-hydrogen) atoms. The predicted molar refractivity (Wildman–Crippen MR) is 101 cm³/mol. The summed E-state index contributed by atoms with van der Waals surface area (Å²) in [6, 6.07) is 0. The largest absolute Gasteiger partial charge is 0.226 e. The Morgan fingerprint density at radius 2 is 1.30 bits per heavy atom. The molecular formula is C18H18O2S3. The lowest BCUT2D eigenvalue weighted by Crippen LogP contribution is -2.30. The molecule has 120 valence electrons. The van der Waals surface area contributed by atoms with Crippen molar-refractivity contribution < 1.29 is 8.42 Å². The Morgan fingerprint density at radius 1 is 0.826 bits per heavy atom. The second-order valence-corrected chi connectivity index (χ2v) is 11.3. The van der Waals surface area contributed by atoms with E-state index >= 15 is 0 Å². The first-order valence-electron chi connectivity index (χ1n) is 7.83. The quantitative estimate of drug-likeness (QED) is 0.702. The summed E-state index contributed by atoms with van der Waals surface area (Å²) in [5.41, 5.74) is 2.56. The van der Waals surface area contributed by atoms with Crippen molar-refractivity contribution in [1.29, 1.82) is 0 Å². The van der Waals surface area contributed by atoms with E-state index in [4.69, 9.17) is 0 Å². The highest BCUT2D eigenvalue weighted by Gasteiger charge is 2.39. The van der Waals surface area contributed by atoms with Gasteiger partial charge < -0.3 is 0 Å². The highest BCUT2D eigenvalue weighted by Crippen LogP contribution is 2.47. The third-order valence-corrected chi connectivity index (χ3v) is 10.7. The number of allylic oxidation sites excluding steroid dienone is 10.